The third-order valence-corrected chi connectivity index (χ3v) is 2.73. The zero-order valence-electron chi connectivity index (χ0n) is 10.7. The normalized spacial score (nSPS) is 11.6. The Bertz CT molecular complexity index is 464. The van der Waals surface area contributed by atoms with Gasteiger partial charge in [0.25, 0.3) is 5.69 Å². The molecule has 0 aliphatic rings. The number of alkyl halides is 3. The molecule has 0 saturated carbocycles. The highest BCUT2D eigenvalue weighted by Crippen LogP contribution is 2.34. The Morgan fingerprint density at radius 1 is 1.30 bits per heavy atom. The minimum atomic E-state index is -4.59. The maximum Gasteiger partial charge on any atom is 0.416 e. The molecule has 0 aliphatic heterocycles. The molecule has 0 unspecified atom stereocenters. The number of nitro groups is 1. The van der Waals surface area contributed by atoms with Crippen molar-refractivity contribution in [1.82, 2.24) is 5.32 Å². The number of nitrogens with one attached hydrogen (secondary N) is 1. The Kier molecular flexibility index (Phi) is 5.90. The minimum Gasteiger partial charge on any atom is -0.329 e. The Hall–Kier alpha value is -1.67. The summed E-state index contributed by atoms with van der Waals surface area (Å²) in [6.07, 6.45) is -3.89. The van der Waals surface area contributed by atoms with Crippen LogP contribution in [0.5, 0.6) is 0 Å². The molecule has 5 nitrogen and oxygen atoms in total. The van der Waals surface area contributed by atoms with E-state index in [1.54, 1.807) is 0 Å². The molecule has 1 rings (SSSR count). The van der Waals surface area contributed by atoms with Gasteiger partial charge in [0.2, 0.25) is 0 Å². The number of non-ortho nitro benzene ring substituents is 1. The first kappa shape index (κ1) is 16.4. The predicted molar refractivity (Wildman–Crippen MR) is 68.3 cm³/mol. The number of nitrogens with two attached hydrogens (primary N) is 1. The quantitative estimate of drug-likeness (QED) is 0.458. The fourth-order valence-corrected chi connectivity index (χ4v) is 1.79. The molecule has 1 aromatic rings. The van der Waals surface area contributed by atoms with Crippen LogP contribution in [0.1, 0.15) is 17.5 Å². The second-order valence-electron chi connectivity index (χ2n) is 4.24. The third-order valence-electron chi connectivity index (χ3n) is 2.73. The van der Waals surface area contributed by atoms with Gasteiger partial charge in [0.05, 0.1) is 10.5 Å². The van der Waals surface area contributed by atoms with Crippen molar-refractivity contribution in [3.63, 3.8) is 0 Å². The molecule has 0 spiro atoms. The molecular formula is C12H16F3N3O2. The van der Waals surface area contributed by atoms with Crippen molar-refractivity contribution in [2.75, 3.05) is 19.6 Å². The Balaban J connectivity index is 2.81. The standard InChI is InChI=1S/C12H16F3N3O2/c13-12(14,15)11-8-10(18(19)20)4-3-9(11)2-1-6-17-7-5-16/h3-4,8,17H,1-2,5-7,16H2. The zero-order valence-corrected chi connectivity index (χ0v) is 10.7. The molecule has 0 aliphatic carbocycles. The van der Waals surface area contributed by atoms with E-state index in [9.17, 15) is 23.3 Å². The number of benzene rings is 1. The van der Waals surface area contributed by atoms with Gasteiger partial charge in [-0.05, 0) is 24.9 Å². The summed E-state index contributed by atoms with van der Waals surface area (Å²) in [5.41, 5.74) is 3.85. The van der Waals surface area contributed by atoms with Gasteiger partial charge in [-0.3, -0.25) is 10.1 Å². The van der Waals surface area contributed by atoms with Gasteiger partial charge in [-0.25, -0.2) is 0 Å². The van der Waals surface area contributed by atoms with Crippen LogP contribution in [0.2, 0.25) is 0 Å². The van der Waals surface area contributed by atoms with Crippen molar-refractivity contribution in [2.24, 2.45) is 5.73 Å². The number of hydrogen-bond donors (Lipinski definition) is 2. The smallest absolute Gasteiger partial charge is 0.329 e. The van der Waals surface area contributed by atoms with Crippen LogP contribution in [-0.2, 0) is 12.6 Å². The molecule has 0 bridgehead atoms. The predicted octanol–water partition coefficient (Wildman–Crippen LogP) is 2.09. The van der Waals surface area contributed by atoms with E-state index < -0.39 is 22.4 Å². The third kappa shape index (κ3) is 4.78. The molecule has 112 valence electrons. The first-order valence-electron chi connectivity index (χ1n) is 6.11. The van der Waals surface area contributed by atoms with E-state index in [-0.39, 0.29) is 12.0 Å². The highest BCUT2D eigenvalue weighted by molar-refractivity contribution is 5.41. The molecule has 20 heavy (non-hydrogen) atoms. The van der Waals surface area contributed by atoms with Crippen LogP contribution < -0.4 is 11.1 Å². The van der Waals surface area contributed by atoms with Gasteiger partial charge in [-0.2, -0.15) is 13.2 Å². The first-order chi connectivity index (χ1) is 9.36. The van der Waals surface area contributed by atoms with Crippen LogP contribution in [0.3, 0.4) is 0 Å². The van der Waals surface area contributed by atoms with Crippen molar-refractivity contribution in [3.8, 4) is 0 Å². The van der Waals surface area contributed by atoms with Crippen molar-refractivity contribution in [3.05, 3.63) is 39.4 Å². The summed E-state index contributed by atoms with van der Waals surface area (Å²) in [6.45, 7) is 1.61. The van der Waals surface area contributed by atoms with Crippen LogP contribution in [0.4, 0.5) is 18.9 Å². The number of halogens is 3. The van der Waals surface area contributed by atoms with E-state index in [4.69, 9.17) is 5.73 Å². The molecule has 0 aromatic heterocycles. The molecular weight excluding hydrogens is 275 g/mol. The highest BCUT2D eigenvalue weighted by Gasteiger charge is 2.34. The Morgan fingerprint density at radius 2 is 2.00 bits per heavy atom. The van der Waals surface area contributed by atoms with Crippen LogP contribution in [0.25, 0.3) is 0 Å². The summed E-state index contributed by atoms with van der Waals surface area (Å²) in [5, 5.41) is 13.5. The van der Waals surface area contributed by atoms with E-state index >= 15 is 0 Å². The summed E-state index contributed by atoms with van der Waals surface area (Å²) < 4.78 is 38.6. The molecule has 0 amide bonds. The van der Waals surface area contributed by atoms with E-state index in [1.807, 2.05) is 0 Å². The van der Waals surface area contributed by atoms with E-state index in [0.717, 1.165) is 6.07 Å². The topological polar surface area (TPSA) is 81.2 Å². The average Bonchev–Trinajstić information content (AvgIpc) is 2.37. The van der Waals surface area contributed by atoms with E-state index in [1.165, 1.54) is 6.07 Å². The second-order valence-corrected chi connectivity index (χ2v) is 4.24. The molecule has 3 N–H and O–H groups in total. The molecule has 0 heterocycles. The number of nitrogens with zero attached hydrogens (tertiary/aromatic N) is 1. The maximum absolute atomic E-state index is 12.9. The number of nitro benzene ring substituents is 1. The monoisotopic (exact) mass is 291 g/mol. The lowest BCUT2D eigenvalue weighted by atomic mass is 10.0. The lowest BCUT2D eigenvalue weighted by molar-refractivity contribution is -0.385. The van der Waals surface area contributed by atoms with Crippen LogP contribution in [0.15, 0.2) is 18.2 Å². The summed E-state index contributed by atoms with van der Waals surface area (Å²) in [5.74, 6) is 0. The van der Waals surface area contributed by atoms with Gasteiger partial charge in [0.15, 0.2) is 0 Å². The molecule has 8 heteroatoms. The summed E-state index contributed by atoms with van der Waals surface area (Å²) in [4.78, 5) is 9.71. The molecule has 0 radical (unpaired) electrons. The fourth-order valence-electron chi connectivity index (χ4n) is 1.79. The molecule has 1 aromatic carbocycles. The first-order valence-corrected chi connectivity index (χ1v) is 6.11. The van der Waals surface area contributed by atoms with Gasteiger partial charge in [0, 0.05) is 25.2 Å². The average molecular weight is 291 g/mol. The van der Waals surface area contributed by atoms with Gasteiger partial charge >= 0.3 is 6.18 Å². The van der Waals surface area contributed by atoms with Gasteiger partial charge in [0.1, 0.15) is 0 Å². The second kappa shape index (κ2) is 7.20. The lowest BCUT2D eigenvalue weighted by Crippen LogP contribution is -2.23. The van der Waals surface area contributed by atoms with Gasteiger partial charge < -0.3 is 11.1 Å². The molecule has 0 saturated heterocycles. The maximum atomic E-state index is 12.9. The van der Waals surface area contributed by atoms with Crippen molar-refractivity contribution >= 4 is 5.69 Å². The van der Waals surface area contributed by atoms with Crippen LogP contribution >= 0.6 is 0 Å². The highest BCUT2D eigenvalue weighted by atomic mass is 19.4. The molecule has 0 fully saturated rings. The van der Waals surface area contributed by atoms with Crippen molar-refractivity contribution in [2.45, 2.75) is 19.0 Å². The largest absolute Gasteiger partial charge is 0.416 e. The SMILES string of the molecule is NCCNCCCc1ccc([N+](=O)[O-])cc1C(F)(F)F. The van der Waals surface area contributed by atoms with Gasteiger partial charge in [-0.1, -0.05) is 6.07 Å². The van der Waals surface area contributed by atoms with Gasteiger partial charge in [-0.15, -0.1) is 0 Å². The molecule has 0 atom stereocenters. The Morgan fingerprint density at radius 3 is 2.55 bits per heavy atom. The van der Waals surface area contributed by atoms with Crippen LogP contribution in [-0.4, -0.2) is 24.6 Å². The zero-order chi connectivity index (χ0) is 15.2. The van der Waals surface area contributed by atoms with Crippen molar-refractivity contribution in [1.29, 1.82) is 0 Å². The summed E-state index contributed by atoms with van der Waals surface area (Å²) in [6, 6.07) is 2.85. The lowest BCUT2D eigenvalue weighted by Gasteiger charge is -2.12. The number of hydrogen-bond acceptors (Lipinski definition) is 4. The summed E-state index contributed by atoms with van der Waals surface area (Å²) >= 11 is 0. The Labute approximate surface area is 114 Å². The minimum absolute atomic E-state index is 0.0673. The fraction of sp³-hybridized carbons (Fsp3) is 0.500. The number of aryl methyl sites for hydroxylation is 1. The van der Waals surface area contributed by atoms with E-state index in [0.29, 0.717) is 32.1 Å². The summed E-state index contributed by atoms with van der Waals surface area (Å²) in [7, 11) is 0. The van der Waals surface area contributed by atoms with Crippen LogP contribution in [0, 0.1) is 10.1 Å². The number of rotatable bonds is 7. The van der Waals surface area contributed by atoms with Crippen molar-refractivity contribution < 1.29 is 18.1 Å². The van der Waals surface area contributed by atoms with E-state index in [2.05, 4.69) is 5.32 Å².